The normalized spacial score (nSPS) is 18.6. The largest absolute Gasteiger partial charge is 0.474 e. The van der Waals surface area contributed by atoms with Crippen LogP contribution in [0.5, 0.6) is 5.88 Å². The molecule has 0 saturated heterocycles. The highest BCUT2D eigenvalue weighted by Gasteiger charge is 2.24. The minimum atomic E-state index is -0.0855. The van der Waals surface area contributed by atoms with Crippen molar-refractivity contribution in [1.29, 1.82) is 0 Å². The summed E-state index contributed by atoms with van der Waals surface area (Å²) in [4.78, 5) is 18.8. The van der Waals surface area contributed by atoms with E-state index in [1.165, 1.54) is 24.1 Å². The highest BCUT2D eigenvalue weighted by Crippen LogP contribution is 2.34. The second-order valence-electron chi connectivity index (χ2n) is 8.73. The van der Waals surface area contributed by atoms with E-state index in [-0.39, 0.29) is 5.97 Å². The maximum atomic E-state index is 11.6. The van der Waals surface area contributed by atoms with Gasteiger partial charge in [0.2, 0.25) is 5.88 Å². The number of benzene rings is 1. The van der Waals surface area contributed by atoms with E-state index in [9.17, 15) is 4.79 Å². The van der Waals surface area contributed by atoms with E-state index in [1.807, 2.05) is 19.1 Å². The number of anilines is 1. The molecule has 2 aliphatic rings. The Kier molecular flexibility index (Phi) is 7.10. The molecule has 2 heterocycles. The number of aromatic nitrogens is 1. The molecular formula is C26H34N2O3. The number of ether oxygens (including phenoxy) is 2. The molecule has 1 unspecified atom stereocenters. The van der Waals surface area contributed by atoms with Crippen LogP contribution >= 0.6 is 0 Å². The van der Waals surface area contributed by atoms with Gasteiger partial charge in [-0.15, -0.1) is 0 Å². The first kappa shape index (κ1) is 21.7. The first-order valence-electron chi connectivity index (χ1n) is 11.8. The highest BCUT2D eigenvalue weighted by molar-refractivity contribution is 5.69. The van der Waals surface area contributed by atoms with Gasteiger partial charge in [0, 0.05) is 36.8 Å². The molecule has 0 spiro atoms. The summed E-state index contributed by atoms with van der Waals surface area (Å²) in [6.07, 6.45) is 9.66. The van der Waals surface area contributed by atoms with Gasteiger partial charge in [0.1, 0.15) is 6.10 Å². The lowest BCUT2D eigenvalue weighted by Gasteiger charge is -2.36. The van der Waals surface area contributed by atoms with Crippen molar-refractivity contribution in [3.63, 3.8) is 0 Å². The minimum Gasteiger partial charge on any atom is -0.474 e. The summed E-state index contributed by atoms with van der Waals surface area (Å²) in [5.74, 6) is 0.651. The molecule has 1 fully saturated rings. The van der Waals surface area contributed by atoms with E-state index in [2.05, 4.69) is 36.2 Å². The van der Waals surface area contributed by atoms with Gasteiger partial charge in [0.15, 0.2) is 0 Å². The Balaban J connectivity index is 1.41. The number of aryl methyl sites for hydroxylation is 1. The molecule has 0 N–H and O–H groups in total. The second kappa shape index (κ2) is 10.2. The maximum absolute atomic E-state index is 11.6. The number of carbonyl (C=O) groups excluding carboxylic acids is 1. The van der Waals surface area contributed by atoms with E-state index in [0.717, 1.165) is 55.7 Å². The van der Waals surface area contributed by atoms with Crippen molar-refractivity contribution < 1.29 is 14.3 Å². The lowest BCUT2D eigenvalue weighted by atomic mass is 9.91. The third kappa shape index (κ3) is 5.38. The van der Waals surface area contributed by atoms with Crippen molar-refractivity contribution in [2.75, 3.05) is 18.6 Å². The van der Waals surface area contributed by atoms with Crippen molar-refractivity contribution in [2.45, 2.75) is 76.9 Å². The van der Waals surface area contributed by atoms with Gasteiger partial charge in [0.05, 0.1) is 12.3 Å². The molecule has 0 amide bonds. The zero-order chi connectivity index (χ0) is 21.6. The van der Waals surface area contributed by atoms with E-state index >= 15 is 0 Å². The van der Waals surface area contributed by atoms with Crippen LogP contribution < -0.4 is 9.64 Å². The summed E-state index contributed by atoms with van der Waals surface area (Å²) in [5, 5.41) is 0. The molecule has 0 radical (unpaired) electrons. The van der Waals surface area contributed by atoms with Crippen LogP contribution in [0.4, 0.5) is 5.69 Å². The molecule has 5 nitrogen and oxygen atoms in total. The van der Waals surface area contributed by atoms with Crippen LogP contribution in [0.15, 0.2) is 36.4 Å². The third-order valence-electron chi connectivity index (χ3n) is 6.59. The van der Waals surface area contributed by atoms with Crippen molar-refractivity contribution in [3.8, 4) is 17.1 Å². The van der Waals surface area contributed by atoms with Crippen molar-refractivity contribution in [1.82, 2.24) is 4.98 Å². The molecule has 5 heteroatoms. The summed E-state index contributed by atoms with van der Waals surface area (Å²) >= 11 is 0. The first-order valence-corrected chi connectivity index (χ1v) is 11.8. The average molecular weight is 423 g/mol. The zero-order valence-electron chi connectivity index (χ0n) is 18.8. The van der Waals surface area contributed by atoms with Crippen LogP contribution in [0.25, 0.3) is 11.3 Å². The van der Waals surface area contributed by atoms with Gasteiger partial charge < -0.3 is 14.4 Å². The molecule has 1 aliphatic heterocycles. The van der Waals surface area contributed by atoms with E-state index < -0.39 is 0 Å². The van der Waals surface area contributed by atoms with Crippen LogP contribution in [0, 0.1) is 0 Å². The van der Waals surface area contributed by atoms with Crippen molar-refractivity contribution in [3.05, 3.63) is 42.0 Å². The van der Waals surface area contributed by atoms with Crippen molar-refractivity contribution >= 4 is 11.7 Å². The van der Waals surface area contributed by atoms with Crippen LogP contribution in [0.3, 0.4) is 0 Å². The summed E-state index contributed by atoms with van der Waals surface area (Å²) in [5.41, 5.74) is 4.77. The first-order chi connectivity index (χ1) is 15.1. The number of nitrogens with zero attached hydrogens (tertiary/aromatic N) is 2. The van der Waals surface area contributed by atoms with E-state index in [0.29, 0.717) is 25.2 Å². The Morgan fingerprint density at radius 3 is 2.81 bits per heavy atom. The van der Waals surface area contributed by atoms with Crippen LogP contribution in [-0.2, 0) is 16.0 Å². The quantitative estimate of drug-likeness (QED) is 0.522. The van der Waals surface area contributed by atoms with Gasteiger partial charge in [0.25, 0.3) is 0 Å². The number of fused-ring (bicyclic) bond motifs is 1. The number of hydrogen-bond donors (Lipinski definition) is 0. The molecule has 1 aromatic carbocycles. The van der Waals surface area contributed by atoms with E-state index in [4.69, 9.17) is 14.5 Å². The molecule has 4 rings (SSSR count). The Bertz CT molecular complexity index is 892. The van der Waals surface area contributed by atoms with Gasteiger partial charge in [-0.1, -0.05) is 12.1 Å². The zero-order valence-corrected chi connectivity index (χ0v) is 18.8. The number of rotatable bonds is 8. The third-order valence-corrected chi connectivity index (χ3v) is 6.59. The van der Waals surface area contributed by atoms with Gasteiger partial charge in [-0.25, -0.2) is 4.98 Å². The standard InChI is InChI=1S/C26H34N2O3/c1-3-30-26(29)13-6-8-21-16-14-20-18-19(15-17-24(20)28(21)2)23-11-7-12-25(27-23)31-22-9-4-5-10-22/h7,11-12,15,17-18,21-22H,3-6,8-10,13-14,16H2,1-2H3. The van der Waals surface area contributed by atoms with Gasteiger partial charge in [-0.3, -0.25) is 4.79 Å². The highest BCUT2D eigenvalue weighted by atomic mass is 16.5. The summed E-state index contributed by atoms with van der Waals surface area (Å²) in [6.45, 7) is 2.31. The smallest absolute Gasteiger partial charge is 0.305 e. The maximum Gasteiger partial charge on any atom is 0.305 e. The number of carbonyl (C=O) groups is 1. The Labute approximate surface area is 185 Å². The van der Waals surface area contributed by atoms with Crippen LogP contribution in [-0.4, -0.2) is 36.8 Å². The molecule has 166 valence electrons. The molecule has 2 aromatic rings. The van der Waals surface area contributed by atoms with Crippen molar-refractivity contribution in [2.24, 2.45) is 0 Å². The SMILES string of the molecule is CCOC(=O)CCCC1CCc2cc(-c3cccc(OC4CCCC4)n3)ccc2N1C. The number of hydrogen-bond acceptors (Lipinski definition) is 5. The molecular weight excluding hydrogens is 388 g/mol. The fraction of sp³-hybridized carbons (Fsp3) is 0.538. The Morgan fingerprint density at radius 1 is 1.16 bits per heavy atom. The molecule has 1 atom stereocenters. The fourth-order valence-corrected chi connectivity index (χ4v) is 4.87. The van der Waals surface area contributed by atoms with E-state index in [1.54, 1.807) is 0 Å². The molecule has 1 aliphatic carbocycles. The molecule has 1 aromatic heterocycles. The molecule has 31 heavy (non-hydrogen) atoms. The summed E-state index contributed by atoms with van der Waals surface area (Å²) in [7, 11) is 2.17. The van der Waals surface area contributed by atoms with Gasteiger partial charge in [-0.2, -0.15) is 0 Å². The summed E-state index contributed by atoms with van der Waals surface area (Å²) in [6, 6.07) is 13.2. The Hall–Kier alpha value is -2.56. The lowest BCUT2D eigenvalue weighted by Crippen LogP contribution is -2.36. The van der Waals surface area contributed by atoms with Crippen LogP contribution in [0.2, 0.25) is 0 Å². The average Bonchev–Trinajstić information content (AvgIpc) is 3.28. The topological polar surface area (TPSA) is 51.7 Å². The number of pyridine rings is 1. The monoisotopic (exact) mass is 422 g/mol. The number of esters is 1. The molecule has 1 saturated carbocycles. The fourth-order valence-electron chi connectivity index (χ4n) is 4.87. The lowest BCUT2D eigenvalue weighted by molar-refractivity contribution is -0.143. The van der Waals surface area contributed by atoms with Crippen LogP contribution in [0.1, 0.15) is 63.9 Å². The van der Waals surface area contributed by atoms with Gasteiger partial charge in [-0.05, 0) is 82.1 Å². The minimum absolute atomic E-state index is 0.0855. The predicted molar refractivity (Wildman–Crippen MR) is 124 cm³/mol. The predicted octanol–water partition coefficient (Wildman–Crippen LogP) is 5.55. The molecule has 0 bridgehead atoms. The van der Waals surface area contributed by atoms with Gasteiger partial charge >= 0.3 is 5.97 Å². The summed E-state index contributed by atoms with van der Waals surface area (Å²) < 4.78 is 11.1. The second-order valence-corrected chi connectivity index (χ2v) is 8.73. The Morgan fingerprint density at radius 2 is 2.00 bits per heavy atom.